The molecule has 0 aliphatic rings. The highest BCUT2D eigenvalue weighted by molar-refractivity contribution is 5.95. The summed E-state index contributed by atoms with van der Waals surface area (Å²) in [6.45, 7) is 1.66. The molecule has 1 amide bonds. The van der Waals surface area contributed by atoms with Gasteiger partial charge < -0.3 is 5.32 Å². The van der Waals surface area contributed by atoms with E-state index in [4.69, 9.17) is 0 Å². The van der Waals surface area contributed by atoms with Gasteiger partial charge in [-0.1, -0.05) is 48.5 Å². The number of benzene rings is 2. The fourth-order valence-electron chi connectivity index (χ4n) is 2.44. The summed E-state index contributed by atoms with van der Waals surface area (Å²) in [5, 5.41) is 2.87. The molecule has 0 saturated carbocycles. The molecule has 0 saturated heterocycles. The van der Waals surface area contributed by atoms with Gasteiger partial charge in [0.05, 0.1) is 6.33 Å². The Labute approximate surface area is 139 Å². The first kappa shape index (κ1) is 15.7. The molecule has 0 aliphatic carbocycles. The molecular weight excluding hydrogens is 302 g/mol. The third kappa shape index (κ3) is 3.57. The van der Waals surface area contributed by atoms with Crippen LogP contribution in [-0.2, 0) is 11.3 Å². The highest BCUT2D eigenvalue weighted by Gasteiger charge is 2.09. The Morgan fingerprint density at radius 2 is 1.79 bits per heavy atom. The molecular formula is C19H17N3O2. The molecule has 1 N–H and O–H groups in total. The third-order valence-electron chi connectivity index (χ3n) is 3.62. The van der Waals surface area contributed by atoms with Gasteiger partial charge >= 0.3 is 0 Å². The van der Waals surface area contributed by atoms with Gasteiger partial charge in [0.25, 0.3) is 5.56 Å². The van der Waals surface area contributed by atoms with E-state index in [1.54, 1.807) is 6.92 Å². The van der Waals surface area contributed by atoms with Crippen LogP contribution >= 0.6 is 0 Å². The Kier molecular flexibility index (Phi) is 4.52. The van der Waals surface area contributed by atoms with Gasteiger partial charge in [0.1, 0.15) is 6.54 Å². The molecule has 0 unspecified atom stereocenters. The molecule has 1 heterocycles. The van der Waals surface area contributed by atoms with Crippen molar-refractivity contribution >= 4 is 11.6 Å². The SMILES string of the molecule is Cc1cc(=O)n(CC(=O)Nc2ccccc2-c2ccccc2)cn1. The Balaban J connectivity index is 1.81. The van der Waals surface area contributed by atoms with Crippen molar-refractivity contribution in [2.24, 2.45) is 0 Å². The summed E-state index contributed by atoms with van der Waals surface area (Å²) in [6, 6.07) is 18.8. The average molecular weight is 319 g/mol. The number of nitrogens with one attached hydrogen (secondary N) is 1. The van der Waals surface area contributed by atoms with Crippen LogP contribution in [0.5, 0.6) is 0 Å². The van der Waals surface area contributed by atoms with E-state index in [2.05, 4.69) is 10.3 Å². The first-order valence-corrected chi connectivity index (χ1v) is 7.61. The van der Waals surface area contributed by atoms with Crippen LogP contribution < -0.4 is 10.9 Å². The normalized spacial score (nSPS) is 10.4. The zero-order chi connectivity index (χ0) is 16.9. The fraction of sp³-hybridized carbons (Fsp3) is 0.105. The average Bonchev–Trinajstić information content (AvgIpc) is 2.59. The Hall–Kier alpha value is -3.21. The van der Waals surface area contributed by atoms with Crippen LogP contribution in [0.4, 0.5) is 5.69 Å². The summed E-state index contributed by atoms with van der Waals surface area (Å²) in [5.74, 6) is -0.272. The van der Waals surface area contributed by atoms with Crippen molar-refractivity contribution < 1.29 is 4.79 Å². The highest BCUT2D eigenvalue weighted by atomic mass is 16.2. The minimum Gasteiger partial charge on any atom is -0.324 e. The summed E-state index contributed by atoms with van der Waals surface area (Å²) in [5.41, 5.74) is 3.05. The number of rotatable bonds is 4. The zero-order valence-electron chi connectivity index (χ0n) is 13.3. The van der Waals surface area contributed by atoms with Crippen molar-refractivity contribution in [1.82, 2.24) is 9.55 Å². The summed E-state index contributed by atoms with van der Waals surface area (Å²) >= 11 is 0. The van der Waals surface area contributed by atoms with E-state index in [0.717, 1.165) is 11.1 Å². The minimum atomic E-state index is -0.272. The first-order valence-electron chi connectivity index (χ1n) is 7.61. The van der Waals surface area contributed by atoms with Crippen molar-refractivity contribution in [1.29, 1.82) is 0 Å². The zero-order valence-corrected chi connectivity index (χ0v) is 13.3. The molecule has 2 aromatic carbocycles. The van der Waals surface area contributed by atoms with Crippen LogP contribution in [0.2, 0.25) is 0 Å². The second kappa shape index (κ2) is 6.91. The number of carbonyl (C=O) groups is 1. The summed E-state index contributed by atoms with van der Waals surface area (Å²) in [7, 11) is 0. The number of nitrogens with zero attached hydrogens (tertiary/aromatic N) is 2. The molecule has 3 aromatic rings. The topological polar surface area (TPSA) is 64.0 Å². The van der Waals surface area contributed by atoms with Gasteiger partial charge in [-0.15, -0.1) is 0 Å². The predicted octanol–water partition coefficient (Wildman–Crippen LogP) is 2.86. The number of hydrogen-bond donors (Lipinski definition) is 1. The van der Waals surface area contributed by atoms with E-state index in [-0.39, 0.29) is 18.0 Å². The molecule has 5 heteroatoms. The smallest absolute Gasteiger partial charge is 0.253 e. The quantitative estimate of drug-likeness (QED) is 0.804. The second-order valence-electron chi connectivity index (χ2n) is 5.46. The molecule has 0 fully saturated rings. The maximum absolute atomic E-state index is 12.3. The van der Waals surface area contributed by atoms with Crippen LogP contribution in [0.25, 0.3) is 11.1 Å². The van der Waals surface area contributed by atoms with Gasteiger partial charge in [-0.2, -0.15) is 0 Å². The van der Waals surface area contributed by atoms with Gasteiger partial charge in [0.2, 0.25) is 5.91 Å². The first-order chi connectivity index (χ1) is 11.6. The maximum atomic E-state index is 12.3. The van der Waals surface area contributed by atoms with E-state index in [1.807, 2.05) is 54.6 Å². The molecule has 0 spiro atoms. The van der Waals surface area contributed by atoms with Crippen molar-refractivity contribution in [2.75, 3.05) is 5.32 Å². The molecule has 1 aromatic heterocycles. The van der Waals surface area contributed by atoms with Crippen molar-refractivity contribution in [3.05, 3.63) is 83.0 Å². The molecule has 3 rings (SSSR count). The molecule has 0 aliphatic heterocycles. The Bertz CT molecular complexity index is 917. The predicted molar refractivity (Wildman–Crippen MR) is 93.7 cm³/mol. The number of aromatic nitrogens is 2. The number of aryl methyl sites for hydroxylation is 1. The lowest BCUT2D eigenvalue weighted by atomic mass is 10.0. The molecule has 0 atom stereocenters. The fourth-order valence-corrected chi connectivity index (χ4v) is 2.44. The summed E-state index contributed by atoms with van der Waals surface area (Å²) in [4.78, 5) is 28.2. The second-order valence-corrected chi connectivity index (χ2v) is 5.46. The van der Waals surface area contributed by atoms with Crippen LogP contribution in [0.1, 0.15) is 5.69 Å². The number of hydrogen-bond acceptors (Lipinski definition) is 3. The summed E-state index contributed by atoms with van der Waals surface area (Å²) < 4.78 is 1.29. The largest absolute Gasteiger partial charge is 0.324 e. The molecule has 0 radical (unpaired) electrons. The maximum Gasteiger partial charge on any atom is 0.253 e. The van der Waals surface area contributed by atoms with E-state index in [1.165, 1.54) is 17.0 Å². The van der Waals surface area contributed by atoms with Gasteiger partial charge in [-0.3, -0.25) is 14.2 Å². The van der Waals surface area contributed by atoms with Gasteiger partial charge in [0, 0.05) is 23.0 Å². The number of para-hydroxylation sites is 1. The Morgan fingerprint density at radius 1 is 1.08 bits per heavy atom. The molecule has 0 bridgehead atoms. The van der Waals surface area contributed by atoms with Crippen LogP contribution in [0, 0.1) is 6.92 Å². The van der Waals surface area contributed by atoms with E-state index in [9.17, 15) is 9.59 Å². The van der Waals surface area contributed by atoms with E-state index in [0.29, 0.717) is 11.4 Å². The van der Waals surface area contributed by atoms with Crippen LogP contribution in [0.3, 0.4) is 0 Å². The lowest BCUT2D eigenvalue weighted by Crippen LogP contribution is -2.27. The Morgan fingerprint density at radius 3 is 2.54 bits per heavy atom. The van der Waals surface area contributed by atoms with Crippen molar-refractivity contribution in [2.45, 2.75) is 13.5 Å². The molecule has 24 heavy (non-hydrogen) atoms. The lowest BCUT2D eigenvalue weighted by Gasteiger charge is -2.12. The number of amides is 1. The highest BCUT2D eigenvalue weighted by Crippen LogP contribution is 2.27. The standard InChI is InChI=1S/C19H17N3O2/c1-14-11-19(24)22(13-20-14)12-18(23)21-17-10-6-5-9-16(17)15-7-3-2-4-8-15/h2-11,13H,12H2,1H3,(H,21,23). The van der Waals surface area contributed by atoms with Crippen molar-refractivity contribution in [3.63, 3.8) is 0 Å². The minimum absolute atomic E-state index is 0.0742. The van der Waals surface area contributed by atoms with E-state index >= 15 is 0 Å². The van der Waals surface area contributed by atoms with Gasteiger partial charge in [0.15, 0.2) is 0 Å². The van der Waals surface area contributed by atoms with Crippen LogP contribution in [-0.4, -0.2) is 15.5 Å². The van der Waals surface area contributed by atoms with Crippen LogP contribution in [0.15, 0.2) is 71.8 Å². The van der Waals surface area contributed by atoms with Crippen molar-refractivity contribution in [3.8, 4) is 11.1 Å². The number of anilines is 1. The lowest BCUT2D eigenvalue weighted by molar-refractivity contribution is -0.116. The van der Waals surface area contributed by atoms with Gasteiger partial charge in [-0.05, 0) is 18.6 Å². The monoisotopic (exact) mass is 319 g/mol. The summed E-state index contributed by atoms with van der Waals surface area (Å²) in [6.07, 6.45) is 1.39. The molecule has 120 valence electrons. The third-order valence-corrected chi connectivity index (χ3v) is 3.62. The van der Waals surface area contributed by atoms with E-state index < -0.39 is 0 Å². The number of carbonyl (C=O) groups excluding carboxylic acids is 1. The van der Waals surface area contributed by atoms with Gasteiger partial charge in [-0.25, -0.2) is 4.98 Å². The molecule has 5 nitrogen and oxygen atoms in total.